The lowest BCUT2D eigenvalue weighted by atomic mass is 10.1. The number of rotatable bonds is 6. The molecule has 0 saturated carbocycles. The molecule has 2 N–H and O–H groups in total. The van der Waals surface area contributed by atoms with Crippen LogP contribution in [0.2, 0.25) is 5.02 Å². The Morgan fingerprint density at radius 2 is 1.96 bits per heavy atom. The quantitative estimate of drug-likeness (QED) is 0.639. The van der Waals surface area contributed by atoms with Crippen LogP contribution in [0.25, 0.3) is 0 Å². The Morgan fingerprint density at radius 3 is 2.70 bits per heavy atom. The van der Waals surface area contributed by atoms with Gasteiger partial charge in [0.05, 0.1) is 11.3 Å². The number of carbonyl (C=O) groups is 2. The van der Waals surface area contributed by atoms with Crippen LogP contribution in [0.1, 0.15) is 17.3 Å². The van der Waals surface area contributed by atoms with Crippen molar-refractivity contribution in [2.24, 2.45) is 0 Å². The van der Waals surface area contributed by atoms with Crippen molar-refractivity contribution in [3.8, 4) is 5.75 Å². The molecule has 3 aromatic rings. The van der Waals surface area contributed by atoms with E-state index in [0.717, 1.165) is 0 Å². The maximum Gasteiger partial charge on any atom is 0.265 e. The molecule has 1 heterocycles. The number of nitrogens with one attached hydrogen (secondary N) is 2. The molecule has 2 amide bonds. The van der Waals surface area contributed by atoms with Crippen molar-refractivity contribution in [1.29, 1.82) is 0 Å². The molecule has 6 nitrogen and oxygen atoms in total. The summed E-state index contributed by atoms with van der Waals surface area (Å²) in [5, 5.41) is 8.19. The van der Waals surface area contributed by atoms with Crippen LogP contribution in [0, 0.1) is 0 Å². The summed E-state index contributed by atoms with van der Waals surface area (Å²) >= 11 is 7.23. The molecule has 0 radical (unpaired) electrons. The second kappa shape index (κ2) is 8.66. The molecular formula is C19H16ClN3O3S. The summed E-state index contributed by atoms with van der Waals surface area (Å²) in [6.45, 7) is 1.62. The Kier molecular flexibility index (Phi) is 6.05. The first-order valence-electron chi connectivity index (χ1n) is 8.06. The van der Waals surface area contributed by atoms with Crippen molar-refractivity contribution in [3.63, 3.8) is 0 Å². The lowest BCUT2D eigenvalue weighted by molar-refractivity contribution is -0.122. The number of halogens is 1. The van der Waals surface area contributed by atoms with E-state index in [1.165, 1.54) is 11.3 Å². The molecule has 1 aromatic heterocycles. The van der Waals surface area contributed by atoms with E-state index in [0.29, 0.717) is 27.2 Å². The maximum atomic E-state index is 12.5. The number of thiazole rings is 1. The maximum absolute atomic E-state index is 12.5. The zero-order chi connectivity index (χ0) is 19.2. The second-order valence-electron chi connectivity index (χ2n) is 5.54. The number of aromatic nitrogens is 1. The number of hydrogen-bond donors (Lipinski definition) is 2. The molecule has 0 fully saturated rings. The number of para-hydroxylation sites is 1. The van der Waals surface area contributed by atoms with E-state index in [1.807, 2.05) is 0 Å². The van der Waals surface area contributed by atoms with Gasteiger partial charge in [0.15, 0.2) is 11.2 Å². The van der Waals surface area contributed by atoms with Crippen LogP contribution in [0.15, 0.2) is 60.1 Å². The Labute approximate surface area is 165 Å². The molecule has 2 aromatic carbocycles. The number of benzene rings is 2. The van der Waals surface area contributed by atoms with Gasteiger partial charge < -0.3 is 10.1 Å². The van der Waals surface area contributed by atoms with Gasteiger partial charge in [0.2, 0.25) is 0 Å². The summed E-state index contributed by atoms with van der Waals surface area (Å²) in [7, 11) is 0. The zero-order valence-corrected chi connectivity index (χ0v) is 15.9. The van der Waals surface area contributed by atoms with Crippen LogP contribution >= 0.6 is 22.9 Å². The highest BCUT2D eigenvalue weighted by Crippen LogP contribution is 2.21. The first-order chi connectivity index (χ1) is 13.0. The summed E-state index contributed by atoms with van der Waals surface area (Å²) in [6, 6.07) is 13.5. The Balaban J connectivity index is 1.69. The number of amides is 2. The Bertz CT molecular complexity index is 947. The molecule has 0 aliphatic carbocycles. The molecule has 138 valence electrons. The van der Waals surface area contributed by atoms with E-state index < -0.39 is 6.10 Å². The molecule has 1 unspecified atom stereocenters. The summed E-state index contributed by atoms with van der Waals surface area (Å²) in [4.78, 5) is 29.0. The third-order valence-corrected chi connectivity index (χ3v) is 4.48. The highest BCUT2D eigenvalue weighted by molar-refractivity contribution is 7.13. The number of ether oxygens (including phenoxy) is 1. The predicted molar refractivity (Wildman–Crippen MR) is 107 cm³/mol. The van der Waals surface area contributed by atoms with Gasteiger partial charge >= 0.3 is 0 Å². The molecule has 0 bridgehead atoms. The summed E-state index contributed by atoms with van der Waals surface area (Å²) in [6.07, 6.45) is 0.821. The smallest absolute Gasteiger partial charge is 0.265 e. The standard InChI is InChI=1S/C19H16ClN3O3S/c1-12(26-14-6-4-5-13(20)11-14)17(24)22-16-8-3-2-7-15(16)18(25)23-19-21-9-10-27-19/h2-12H,1H3,(H,22,24)(H,21,23,25). The van der Waals surface area contributed by atoms with Crippen LogP contribution in [-0.4, -0.2) is 22.9 Å². The number of anilines is 2. The molecule has 27 heavy (non-hydrogen) atoms. The molecule has 0 aliphatic heterocycles. The molecule has 3 rings (SSSR count). The minimum atomic E-state index is -0.779. The molecular weight excluding hydrogens is 386 g/mol. The van der Waals surface area contributed by atoms with Gasteiger partial charge in [-0.3, -0.25) is 14.9 Å². The average molecular weight is 402 g/mol. The third-order valence-electron chi connectivity index (χ3n) is 3.56. The summed E-state index contributed by atoms with van der Waals surface area (Å²) in [5.41, 5.74) is 0.717. The highest BCUT2D eigenvalue weighted by atomic mass is 35.5. The Hall–Kier alpha value is -2.90. The fourth-order valence-electron chi connectivity index (χ4n) is 2.27. The molecule has 8 heteroatoms. The van der Waals surface area contributed by atoms with Crippen molar-refractivity contribution in [2.45, 2.75) is 13.0 Å². The van der Waals surface area contributed by atoms with Gasteiger partial charge in [-0.2, -0.15) is 0 Å². The fourth-order valence-corrected chi connectivity index (χ4v) is 2.98. The SMILES string of the molecule is CC(Oc1cccc(Cl)c1)C(=O)Nc1ccccc1C(=O)Nc1nccs1. The number of carbonyl (C=O) groups excluding carboxylic acids is 2. The molecule has 0 spiro atoms. The van der Waals surface area contributed by atoms with E-state index in [4.69, 9.17) is 16.3 Å². The lowest BCUT2D eigenvalue weighted by Gasteiger charge is -2.16. The van der Waals surface area contributed by atoms with E-state index in [2.05, 4.69) is 15.6 Å². The first-order valence-corrected chi connectivity index (χ1v) is 9.31. The van der Waals surface area contributed by atoms with Gasteiger partial charge in [-0.25, -0.2) is 4.98 Å². The van der Waals surface area contributed by atoms with Crippen LogP contribution in [-0.2, 0) is 4.79 Å². The topological polar surface area (TPSA) is 80.3 Å². The van der Waals surface area contributed by atoms with Crippen LogP contribution in [0.3, 0.4) is 0 Å². The predicted octanol–water partition coefficient (Wildman–Crippen LogP) is 4.45. The van der Waals surface area contributed by atoms with Gasteiger partial charge in [-0.1, -0.05) is 29.8 Å². The fraction of sp³-hybridized carbons (Fsp3) is 0.105. The van der Waals surface area contributed by atoms with Crippen molar-refractivity contribution >= 4 is 45.6 Å². The van der Waals surface area contributed by atoms with Crippen LogP contribution < -0.4 is 15.4 Å². The van der Waals surface area contributed by atoms with E-state index in [-0.39, 0.29) is 11.8 Å². The van der Waals surface area contributed by atoms with Crippen LogP contribution in [0.5, 0.6) is 5.75 Å². The average Bonchev–Trinajstić information content (AvgIpc) is 3.15. The van der Waals surface area contributed by atoms with Gasteiger partial charge in [0.1, 0.15) is 5.75 Å². The van der Waals surface area contributed by atoms with E-state index in [1.54, 1.807) is 67.0 Å². The minimum Gasteiger partial charge on any atom is -0.481 e. The number of hydrogen-bond acceptors (Lipinski definition) is 5. The van der Waals surface area contributed by atoms with Crippen molar-refractivity contribution in [3.05, 3.63) is 70.7 Å². The van der Waals surface area contributed by atoms with Crippen molar-refractivity contribution in [1.82, 2.24) is 4.98 Å². The van der Waals surface area contributed by atoms with Gasteiger partial charge in [0.25, 0.3) is 11.8 Å². The van der Waals surface area contributed by atoms with E-state index >= 15 is 0 Å². The van der Waals surface area contributed by atoms with E-state index in [9.17, 15) is 9.59 Å². The van der Waals surface area contributed by atoms with Crippen molar-refractivity contribution < 1.29 is 14.3 Å². The summed E-state index contributed by atoms with van der Waals surface area (Å²) in [5.74, 6) is -0.256. The highest BCUT2D eigenvalue weighted by Gasteiger charge is 2.19. The van der Waals surface area contributed by atoms with Crippen molar-refractivity contribution in [2.75, 3.05) is 10.6 Å². The second-order valence-corrected chi connectivity index (χ2v) is 6.87. The van der Waals surface area contributed by atoms with Gasteiger partial charge in [0, 0.05) is 16.6 Å². The first kappa shape index (κ1) is 18.9. The van der Waals surface area contributed by atoms with Gasteiger partial charge in [-0.15, -0.1) is 11.3 Å². The normalized spacial score (nSPS) is 11.5. The number of nitrogens with zero attached hydrogens (tertiary/aromatic N) is 1. The molecule has 0 aliphatic rings. The third kappa shape index (κ3) is 5.06. The lowest BCUT2D eigenvalue weighted by Crippen LogP contribution is -2.31. The molecule has 0 saturated heterocycles. The van der Waals surface area contributed by atoms with Gasteiger partial charge in [-0.05, 0) is 37.3 Å². The zero-order valence-electron chi connectivity index (χ0n) is 14.3. The molecule has 1 atom stereocenters. The van der Waals surface area contributed by atoms with Crippen LogP contribution in [0.4, 0.5) is 10.8 Å². The monoisotopic (exact) mass is 401 g/mol. The largest absolute Gasteiger partial charge is 0.481 e. The Morgan fingerprint density at radius 1 is 1.15 bits per heavy atom. The minimum absolute atomic E-state index is 0.330. The summed E-state index contributed by atoms with van der Waals surface area (Å²) < 4.78 is 5.61.